The topological polar surface area (TPSA) is 100.0 Å². The normalized spacial score (nSPS) is 22.7. The fourth-order valence-corrected chi connectivity index (χ4v) is 7.98. The zero-order chi connectivity index (χ0) is 37.1. The summed E-state index contributed by atoms with van der Waals surface area (Å²) in [5.74, 6) is -4.58. The van der Waals surface area contributed by atoms with Crippen molar-refractivity contribution < 1.29 is 50.7 Å². The fraction of sp³-hybridized carbons (Fsp3) is 0.289. The first kappa shape index (κ1) is 35.5. The molecule has 268 valence electrons. The SMILES string of the molecule is CC1=C2[C@@H](CC/C(=C/c3ccc(O)c4ccccc34)c3ccccn3)OB(O)C[C@@H]2[C@@H]2C(=O)N(c3cc(C(F)(F)F)cc(C(F)(F)F)c3)C(=O)[C@@H]2C1. The van der Waals surface area contributed by atoms with Crippen LogP contribution in [-0.2, 0) is 26.6 Å². The van der Waals surface area contributed by atoms with Crippen molar-refractivity contribution in [1.82, 2.24) is 4.98 Å². The Bertz CT molecular complexity index is 2100. The number of fused-ring (bicyclic) bond motifs is 4. The number of phenols is 1. The van der Waals surface area contributed by atoms with E-state index in [0.29, 0.717) is 52.1 Å². The number of rotatable bonds is 6. The predicted molar refractivity (Wildman–Crippen MR) is 181 cm³/mol. The molecule has 2 saturated heterocycles. The number of allylic oxidation sites excluding steroid dienone is 2. The number of hydrogen-bond donors (Lipinski definition) is 2. The van der Waals surface area contributed by atoms with Crippen LogP contribution in [0.3, 0.4) is 0 Å². The smallest absolute Gasteiger partial charge is 0.455 e. The third-order valence-corrected chi connectivity index (χ3v) is 10.2. The van der Waals surface area contributed by atoms with Crippen molar-refractivity contribution in [3.63, 3.8) is 0 Å². The van der Waals surface area contributed by atoms with E-state index >= 15 is 0 Å². The van der Waals surface area contributed by atoms with E-state index in [4.69, 9.17) is 4.65 Å². The monoisotopic (exact) mass is 720 g/mol. The lowest BCUT2D eigenvalue weighted by molar-refractivity contribution is -0.143. The van der Waals surface area contributed by atoms with Crippen LogP contribution in [0.15, 0.2) is 90.1 Å². The maximum Gasteiger partial charge on any atom is 0.455 e. The molecule has 3 aliphatic rings. The molecule has 14 heteroatoms. The second-order valence-electron chi connectivity index (χ2n) is 13.4. The molecule has 2 N–H and O–H groups in total. The highest BCUT2D eigenvalue weighted by molar-refractivity contribution is 6.43. The maximum atomic E-state index is 14.0. The molecule has 2 amide bonds. The van der Waals surface area contributed by atoms with Gasteiger partial charge in [-0.05, 0) is 103 Å². The molecule has 0 unspecified atom stereocenters. The van der Waals surface area contributed by atoms with Gasteiger partial charge in [0, 0.05) is 11.6 Å². The number of aromatic nitrogens is 1. The van der Waals surface area contributed by atoms with Gasteiger partial charge in [-0.1, -0.05) is 42.0 Å². The Kier molecular flexibility index (Phi) is 9.02. The summed E-state index contributed by atoms with van der Waals surface area (Å²) in [5.41, 5.74) is -0.375. The molecule has 7 rings (SSSR count). The summed E-state index contributed by atoms with van der Waals surface area (Å²) in [5, 5.41) is 22.8. The summed E-state index contributed by atoms with van der Waals surface area (Å²) in [7, 11) is -1.35. The van der Waals surface area contributed by atoms with Crippen molar-refractivity contribution >= 4 is 47.0 Å². The van der Waals surface area contributed by atoms with Crippen LogP contribution in [-0.4, -0.2) is 40.2 Å². The predicted octanol–water partition coefficient (Wildman–Crippen LogP) is 8.32. The number of alkyl halides is 6. The van der Waals surface area contributed by atoms with Gasteiger partial charge in [0.25, 0.3) is 0 Å². The van der Waals surface area contributed by atoms with Crippen molar-refractivity contribution in [3.8, 4) is 5.75 Å². The average Bonchev–Trinajstić information content (AvgIpc) is 3.35. The molecule has 0 spiro atoms. The second kappa shape index (κ2) is 13.2. The molecule has 0 radical (unpaired) electrons. The largest absolute Gasteiger partial charge is 0.507 e. The first-order valence-electron chi connectivity index (χ1n) is 16.6. The number of carbonyl (C=O) groups is 2. The number of nitrogens with zero attached hydrogens (tertiary/aromatic N) is 2. The molecule has 52 heavy (non-hydrogen) atoms. The number of imide groups is 1. The first-order chi connectivity index (χ1) is 24.6. The molecular formula is C38H31BF6N2O5. The number of phenolic OH excluding ortho intramolecular Hbond substituents is 1. The van der Waals surface area contributed by atoms with E-state index in [0.717, 1.165) is 16.5 Å². The van der Waals surface area contributed by atoms with Crippen LogP contribution in [0.25, 0.3) is 22.4 Å². The van der Waals surface area contributed by atoms with Gasteiger partial charge in [-0.2, -0.15) is 26.3 Å². The van der Waals surface area contributed by atoms with E-state index in [2.05, 4.69) is 4.98 Å². The van der Waals surface area contributed by atoms with Crippen LogP contribution in [0.4, 0.5) is 32.0 Å². The number of aromatic hydroxyl groups is 1. The Labute approximate surface area is 294 Å². The minimum atomic E-state index is -5.17. The van der Waals surface area contributed by atoms with E-state index in [1.807, 2.05) is 42.5 Å². The van der Waals surface area contributed by atoms with Gasteiger partial charge in [0.1, 0.15) is 5.75 Å². The third-order valence-electron chi connectivity index (χ3n) is 10.2. The molecule has 1 aromatic heterocycles. The highest BCUT2D eigenvalue weighted by Gasteiger charge is 2.57. The Hall–Kier alpha value is -4.95. The van der Waals surface area contributed by atoms with Crippen molar-refractivity contribution in [2.45, 2.75) is 51.0 Å². The number of pyridine rings is 1. The van der Waals surface area contributed by atoms with Crippen LogP contribution in [0.2, 0.25) is 6.32 Å². The van der Waals surface area contributed by atoms with E-state index in [1.54, 1.807) is 31.3 Å². The molecule has 2 aliphatic heterocycles. The van der Waals surface area contributed by atoms with Crippen molar-refractivity contribution in [3.05, 3.63) is 113 Å². The van der Waals surface area contributed by atoms with Crippen molar-refractivity contribution in [1.29, 1.82) is 0 Å². The van der Waals surface area contributed by atoms with Gasteiger partial charge in [0.15, 0.2) is 0 Å². The lowest BCUT2D eigenvalue weighted by Gasteiger charge is -2.42. The van der Waals surface area contributed by atoms with E-state index in [1.165, 1.54) is 0 Å². The zero-order valence-corrected chi connectivity index (χ0v) is 27.6. The number of hydrogen-bond acceptors (Lipinski definition) is 6. The molecular weight excluding hydrogens is 689 g/mol. The van der Waals surface area contributed by atoms with Gasteiger partial charge in [-0.3, -0.25) is 14.6 Å². The minimum Gasteiger partial charge on any atom is -0.507 e. The van der Waals surface area contributed by atoms with Crippen LogP contribution in [0.5, 0.6) is 5.75 Å². The van der Waals surface area contributed by atoms with Gasteiger partial charge in [-0.25, -0.2) is 4.90 Å². The minimum absolute atomic E-state index is 0.0427. The van der Waals surface area contributed by atoms with Crippen molar-refractivity contribution in [2.24, 2.45) is 17.8 Å². The fourth-order valence-electron chi connectivity index (χ4n) is 7.98. The number of carbonyl (C=O) groups excluding carboxylic acids is 2. The molecule has 4 atom stereocenters. The average molecular weight is 720 g/mol. The van der Waals surface area contributed by atoms with Crippen molar-refractivity contribution in [2.75, 3.05) is 4.90 Å². The Balaban J connectivity index is 1.21. The Morgan fingerprint density at radius 2 is 1.60 bits per heavy atom. The lowest BCUT2D eigenvalue weighted by Crippen LogP contribution is -2.46. The van der Waals surface area contributed by atoms with Gasteiger partial charge in [0.2, 0.25) is 11.8 Å². The van der Waals surface area contributed by atoms with E-state index in [-0.39, 0.29) is 24.6 Å². The van der Waals surface area contributed by atoms with Gasteiger partial charge >= 0.3 is 19.5 Å². The summed E-state index contributed by atoms with van der Waals surface area (Å²) < 4.78 is 88.2. The third kappa shape index (κ3) is 6.49. The Morgan fingerprint density at radius 1 is 0.923 bits per heavy atom. The molecule has 3 aromatic carbocycles. The summed E-state index contributed by atoms with van der Waals surface area (Å²) in [4.78, 5) is 32.7. The standard InChI is InChI=1S/C38H31BF6N2O5/c1-20-14-28-34(36(50)47(35(28)49)25-17-23(37(40,41)42)16-24(18-25)38(43,44)45)29-19-39(51)52-32(33(20)29)12-10-22(30-8-4-5-13-46-30)15-21-9-11-31(48)27-7-3-2-6-26(21)27/h2-9,11,13,15-18,28-29,32,34,48,51H,10,12,14,19H2,1H3/b22-15-/t28-,29+,32-,34-/m1/s1. The zero-order valence-electron chi connectivity index (χ0n) is 27.6. The molecule has 2 fully saturated rings. The van der Waals surface area contributed by atoms with Crippen LogP contribution >= 0.6 is 0 Å². The molecule has 4 aromatic rings. The quantitative estimate of drug-likeness (QED) is 0.0900. The Morgan fingerprint density at radius 3 is 2.25 bits per heavy atom. The summed E-state index contributed by atoms with van der Waals surface area (Å²) in [6.45, 7) is 1.76. The number of benzene rings is 3. The summed E-state index contributed by atoms with van der Waals surface area (Å²) in [6.07, 6.45) is -6.81. The lowest BCUT2D eigenvalue weighted by atomic mass is 9.58. The van der Waals surface area contributed by atoms with Gasteiger partial charge < -0.3 is 14.8 Å². The van der Waals surface area contributed by atoms with Gasteiger partial charge in [0.05, 0.1) is 40.4 Å². The second-order valence-corrected chi connectivity index (χ2v) is 13.4. The maximum absolute atomic E-state index is 14.0. The highest BCUT2D eigenvalue weighted by Crippen LogP contribution is 2.52. The number of anilines is 1. The molecule has 7 nitrogen and oxygen atoms in total. The van der Waals surface area contributed by atoms with Gasteiger partial charge in [-0.15, -0.1) is 0 Å². The summed E-state index contributed by atoms with van der Waals surface area (Å²) >= 11 is 0. The van der Waals surface area contributed by atoms with Crippen LogP contribution < -0.4 is 4.90 Å². The van der Waals surface area contributed by atoms with Crippen LogP contribution in [0.1, 0.15) is 48.6 Å². The van der Waals surface area contributed by atoms with Crippen LogP contribution in [0, 0.1) is 17.8 Å². The van der Waals surface area contributed by atoms with E-state index in [9.17, 15) is 46.1 Å². The highest BCUT2D eigenvalue weighted by atomic mass is 19.4. The number of amides is 2. The molecule has 0 saturated carbocycles. The molecule has 0 bridgehead atoms. The molecule has 1 aliphatic carbocycles. The number of halogens is 6. The summed E-state index contributed by atoms with van der Waals surface area (Å²) in [6, 6.07) is 17.0. The van der Waals surface area contributed by atoms with E-state index < -0.39 is 72.0 Å². The molecule has 3 heterocycles. The first-order valence-corrected chi connectivity index (χ1v) is 16.6.